The fourth-order valence-electron chi connectivity index (χ4n) is 3.90. The van der Waals surface area contributed by atoms with Crippen molar-refractivity contribution in [1.82, 2.24) is 14.8 Å². The molecule has 0 saturated carbocycles. The van der Waals surface area contributed by atoms with Gasteiger partial charge < -0.3 is 14.8 Å². The maximum absolute atomic E-state index is 13.2. The number of fused-ring (bicyclic) bond motifs is 1. The van der Waals surface area contributed by atoms with Crippen LogP contribution in [-0.4, -0.2) is 32.6 Å². The van der Waals surface area contributed by atoms with Gasteiger partial charge in [0.05, 0.1) is 11.7 Å². The molecule has 196 valence electrons. The van der Waals surface area contributed by atoms with Crippen LogP contribution in [0.15, 0.2) is 58.9 Å². The van der Waals surface area contributed by atoms with E-state index >= 15 is 0 Å². The smallest absolute Gasteiger partial charge is 0.338 e. The van der Waals surface area contributed by atoms with E-state index in [9.17, 15) is 4.79 Å². The largest absolute Gasteiger partial charge is 0.489 e. The highest BCUT2D eigenvalue weighted by Crippen LogP contribution is 2.37. The Morgan fingerprint density at radius 3 is 2.62 bits per heavy atom. The summed E-state index contributed by atoms with van der Waals surface area (Å²) in [5, 5.41) is 9.80. The second kappa shape index (κ2) is 12.2. The van der Waals surface area contributed by atoms with Gasteiger partial charge in [-0.15, -0.1) is 5.10 Å². The molecule has 0 fully saturated rings. The molecule has 1 aliphatic heterocycles. The van der Waals surface area contributed by atoms with Gasteiger partial charge in [-0.05, 0) is 57.0 Å². The lowest BCUT2D eigenvalue weighted by Gasteiger charge is -2.28. The molecule has 0 amide bonds. The quantitative estimate of drug-likeness (QED) is 0.158. The van der Waals surface area contributed by atoms with E-state index in [1.165, 1.54) is 0 Å². The van der Waals surface area contributed by atoms with Gasteiger partial charge in [-0.3, -0.25) is 0 Å². The monoisotopic (exact) mass is 560 g/mol. The number of esters is 1. The number of nitrogens with zero attached hydrogens (tertiary/aromatic N) is 3. The molecule has 10 heteroatoms. The third-order valence-electron chi connectivity index (χ3n) is 5.73. The van der Waals surface area contributed by atoms with E-state index in [4.69, 9.17) is 37.8 Å². The molecule has 0 saturated heterocycles. The number of rotatable bonds is 10. The van der Waals surface area contributed by atoms with Crippen LogP contribution in [0.2, 0.25) is 10.0 Å². The first-order valence-corrected chi connectivity index (χ1v) is 14.0. The molecular weight excluding hydrogens is 531 g/mol. The number of unbranched alkanes of at least 4 members (excludes halogenated alkanes) is 1. The second-order valence-corrected chi connectivity index (χ2v) is 10.9. The van der Waals surface area contributed by atoms with Crippen molar-refractivity contribution < 1.29 is 14.3 Å². The fraction of sp³-hybridized carbons (Fsp3) is 0.370. The highest BCUT2D eigenvalue weighted by atomic mass is 35.5. The molecule has 0 radical (unpaired) electrons. The van der Waals surface area contributed by atoms with Crippen LogP contribution in [0.25, 0.3) is 0 Å². The molecule has 7 nitrogen and oxygen atoms in total. The number of anilines is 1. The van der Waals surface area contributed by atoms with Gasteiger partial charge >= 0.3 is 5.97 Å². The van der Waals surface area contributed by atoms with E-state index in [1.54, 1.807) is 28.6 Å². The number of halogens is 2. The summed E-state index contributed by atoms with van der Waals surface area (Å²) >= 11 is 13.9. The van der Waals surface area contributed by atoms with Gasteiger partial charge in [0, 0.05) is 27.1 Å². The number of thioether (sulfide) groups is 1. The van der Waals surface area contributed by atoms with Crippen molar-refractivity contribution in [2.24, 2.45) is 0 Å². The zero-order chi connectivity index (χ0) is 26.5. The molecule has 2 aromatic carbocycles. The van der Waals surface area contributed by atoms with Gasteiger partial charge in [-0.1, -0.05) is 66.5 Å². The van der Waals surface area contributed by atoms with Crippen LogP contribution in [-0.2, 0) is 16.1 Å². The maximum Gasteiger partial charge on any atom is 0.338 e. The molecule has 3 aromatic rings. The topological polar surface area (TPSA) is 78.3 Å². The van der Waals surface area contributed by atoms with Crippen molar-refractivity contribution in [3.05, 3.63) is 74.9 Å². The number of aromatic nitrogens is 3. The van der Waals surface area contributed by atoms with E-state index in [0.29, 0.717) is 44.8 Å². The summed E-state index contributed by atoms with van der Waals surface area (Å²) in [5.41, 5.74) is 2.90. The molecule has 2 heterocycles. The standard InChI is InChI=1S/C27H30Cl2N4O3S/c1-5-6-13-37-27-31-26-30-17(4)23(25(34)36-16(2)3)24(33(26)32-27)18-8-11-21(12-9-18)35-15-19-7-10-20(28)14-22(19)29/h7-12,14,16,24H,5-6,13,15H2,1-4H3,(H,30,31,32). The number of hydrogen-bond acceptors (Lipinski definition) is 7. The summed E-state index contributed by atoms with van der Waals surface area (Å²) in [5.74, 6) is 1.82. The lowest BCUT2D eigenvalue weighted by molar-refractivity contribution is -0.143. The molecule has 0 aliphatic carbocycles. The maximum atomic E-state index is 13.2. The van der Waals surface area contributed by atoms with E-state index in [2.05, 4.69) is 17.2 Å². The molecule has 1 unspecified atom stereocenters. The van der Waals surface area contributed by atoms with Gasteiger partial charge in [-0.2, -0.15) is 4.98 Å². The molecule has 0 bridgehead atoms. The van der Waals surface area contributed by atoms with Crippen molar-refractivity contribution >= 4 is 46.9 Å². The highest BCUT2D eigenvalue weighted by molar-refractivity contribution is 7.99. The summed E-state index contributed by atoms with van der Waals surface area (Å²) in [7, 11) is 0. The lowest BCUT2D eigenvalue weighted by atomic mass is 9.95. The second-order valence-electron chi connectivity index (χ2n) is 8.98. The van der Waals surface area contributed by atoms with Crippen molar-refractivity contribution in [3.63, 3.8) is 0 Å². The fourth-order valence-corrected chi connectivity index (χ4v) is 5.27. The number of hydrogen-bond donors (Lipinski definition) is 1. The molecule has 4 rings (SSSR count). The van der Waals surface area contributed by atoms with Crippen LogP contribution in [0.5, 0.6) is 5.75 Å². The van der Waals surface area contributed by atoms with E-state index < -0.39 is 6.04 Å². The Labute approximate surface area is 231 Å². The first-order valence-electron chi connectivity index (χ1n) is 12.2. The summed E-state index contributed by atoms with van der Waals surface area (Å²) < 4.78 is 13.3. The number of ether oxygens (including phenoxy) is 2. The average Bonchev–Trinajstić information content (AvgIpc) is 3.25. The average molecular weight is 562 g/mol. The first kappa shape index (κ1) is 27.4. The number of nitrogens with one attached hydrogen (secondary N) is 1. The minimum atomic E-state index is -0.490. The Morgan fingerprint density at radius 1 is 1.19 bits per heavy atom. The zero-order valence-corrected chi connectivity index (χ0v) is 23.6. The predicted molar refractivity (Wildman–Crippen MR) is 149 cm³/mol. The Balaban J connectivity index is 1.61. The van der Waals surface area contributed by atoms with Crippen molar-refractivity contribution in [2.75, 3.05) is 11.1 Å². The normalized spacial score (nSPS) is 14.9. The van der Waals surface area contributed by atoms with Crippen molar-refractivity contribution in [3.8, 4) is 5.75 Å². The number of benzene rings is 2. The van der Waals surface area contributed by atoms with E-state index in [-0.39, 0.29) is 12.1 Å². The van der Waals surface area contributed by atoms with Gasteiger partial charge in [-0.25, -0.2) is 9.48 Å². The SMILES string of the molecule is CCCCSc1nc2n(n1)C(c1ccc(OCc3ccc(Cl)cc3Cl)cc1)C(C(=O)OC(C)C)=C(C)N2. The molecule has 0 spiro atoms. The van der Waals surface area contributed by atoms with Crippen LogP contribution in [0.3, 0.4) is 0 Å². The van der Waals surface area contributed by atoms with Gasteiger partial charge in [0.15, 0.2) is 0 Å². The number of carbonyl (C=O) groups is 1. The highest BCUT2D eigenvalue weighted by Gasteiger charge is 2.35. The van der Waals surface area contributed by atoms with E-state index in [1.807, 2.05) is 51.1 Å². The van der Waals surface area contributed by atoms with Crippen LogP contribution in [0.1, 0.15) is 57.7 Å². The summed E-state index contributed by atoms with van der Waals surface area (Å²) in [4.78, 5) is 17.8. The number of allylic oxidation sites excluding steroid dienone is 1. The van der Waals surface area contributed by atoms with Crippen LogP contribution >= 0.6 is 35.0 Å². The van der Waals surface area contributed by atoms with Crippen LogP contribution < -0.4 is 10.1 Å². The lowest BCUT2D eigenvalue weighted by Crippen LogP contribution is -2.30. The van der Waals surface area contributed by atoms with Gasteiger partial charge in [0.2, 0.25) is 11.1 Å². The zero-order valence-electron chi connectivity index (χ0n) is 21.3. The minimum absolute atomic E-state index is 0.249. The molecule has 1 aliphatic rings. The van der Waals surface area contributed by atoms with Gasteiger partial charge in [0.1, 0.15) is 18.4 Å². The Kier molecular flexibility index (Phi) is 9.05. The molecule has 37 heavy (non-hydrogen) atoms. The minimum Gasteiger partial charge on any atom is -0.489 e. The predicted octanol–water partition coefficient (Wildman–Crippen LogP) is 7.30. The van der Waals surface area contributed by atoms with Crippen LogP contribution in [0, 0.1) is 0 Å². The van der Waals surface area contributed by atoms with E-state index in [0.717, 1.165) is 29.7 Å². The summed E-state index contributed by atoms with van der Waals surface area (Å²) in [6.45, 7) is 7.99. The molecule has 1 aromatic heterocycles. The van der Waals surface area contributed by atoms with Crippen molar-refractivity contribution in [1.29, 1.82) is 0 Å². The van der Waals surface area contributed by atoms with Crippen LogP contribution in [0.4, 0.5) is 5.95 Å². The first-order chi connectivity index (χ1) is 17.8. The Bertz CT molecular complexity index is 1290. The number of carbonyl (C=O) groups excluding carboxylic acids is 1. The molecular formula is C27H30Cl2N4O3S. The molecule has 1 N–H and O–H groups in total. The third-order valence-corrected chi connectivity index (χ3v) is 7.24. The summed E-state index contributed by atoms with van der Waals surface area (Å²) in [6, 6.07) is 12.4. The Morgan fingerprint density at radius 2 is 1.95 bits per heavy atom. The summed E-state index contributed by atoms with van der Waals surface area (Å²) in [6.07, 6.45) is 1.93. The molecule has 1 atom stereocenters. The van der Waals surface area contributed by atoms with Gasteiger partial charge in [0.25, 0.3) is 0 Å². The Hall–Kier alpha value is -2.68. The van der Waals surface area contributed by atoms with Crippen molar-refractivity contribution in [2.45, 2.75) is 64.4 Å². The third kappa shape index (κ3) is 6.61.